The molecule has 1 saturated carbocycles. The van der Waals surface area contributed by atoms with Crippen LogP contribution in [-0.4, -0.2) is 19.2 Å². The van der Waals surface area contributed by atoms with E-state index in [0.717, 1.165) is 65.2 Å². The topological polar surface area (TPSA) is 36.9 Å². The van der Waals surface area contributed by atoms with Crippen molar-refractivity contribution in [3.8, 4) is 34.1 Å². The van der Waals surface area contributed by atoms with Crippen molar-refractivity contribution in [2.45, 2.75) is 87.1 Å². The highest BCUT2D eigenvalue weighted by atomic mass is 32.2. The number of benzene rings is 5. The van der Waals surface area contributed by atoms with Gasteiger partial charge >= 0.3 is 0 Å². The molecule has 0 radical (unpaired) electrons. The minimum Gasteiger partial charge on any atom is -0.497 e. The van der Waals surface area contributed by atoms with Crippen molar-refractivity contribution in [1.82, 2.24) is 0 Å². The monoisotopic (exact) mass is 694 g/mol. The summed E-state index contributed by atoms with van der Waals surface area (Å²) in [5.74, 6) is 3.57. The van der Waals surface area contributed by atoms with E-state index in [1.807, 2.05) is 36.0 Å². The van der Waals surface area contributed by atoms with Gasteiger partial charge in [-0.05, 0) is 114 Å². The van der Waals surface area contributed by atoms with Gasteiger partial charge < -0.3 is 18.9 Å². The number of hydrogen-bond donors (Lipinski definition) is 0. The molecule has 2 heterocycles. The van der Waals surface area contributed by atoms with Crippen LogP contribution in [-0.2, 0) is 11.0 Å². The van der Waals surface area contributed by atoms with E-state index in [1.165, 1.54) is 50.9 Å². The van der Waals surface area contributed by atoms with Gasteiger partial charge in [-0.3, -0.25) is 0 Å². The van der Waals surface area contributed by atoms with Crippen molar-refractivity contribution in [2.75, 3.05) is 14.2 Å². The minimum atomic E-state index is -0.876. The summed E-state index contributed by atoms with van der Waals surface area (Å²) in [6, 6.07) is 30.5. The van der Waals surface area contributed by atoms with Crippen LogP contribution in [0.15, 0.2) is 95.9 Å². The van der Waals surface area contributed by atoms with Crippen molar-refractivity contribution < 1.29 is 18.9 Å². The minimum absolute atomic E-state index is 0.0845. The van der Waals surface area contributed by atoms with Crippen LogP contribution < -0.4 is 18.9 Å². The maximum atomic E-state index is 7.70. The molecule has 0 aromatic heterocycles. The molecule has 5 heteroatoms. The molecule has 5 aromatic carbocycles. The molecule has 9 rings (SSSR count). The van der Waals surface area contributed by atoms with Gasteiger partial charge in [-0.1, -0.05) is 94.1 Å². The number of thioether (sulfide) groups is 1. The van der Waals surface area contributed by atoms with Gasteiger partial charge in [0.05, 0.1) is 19.1 Å². The molecule has 4 nitrogen and oxygen atoms in total. The average molecular weight is 695 g/mol. The Bertz CT molecular complexity index is 2150. The van der Waals surface area contributed by atoms with Crippen molar-refractivity contribution in [3.05, 3.63) is 119 Å². The van der Waals surface area contributed by atoms with E-state index in [2.05, 4.69) is 101 Å². The standard InChI is InChI=1S/C46H46O4S/c1-7-45(8-2)49-38-27-35-36(28-39(38)51-45)42-34(41-40(35)33-11-9-10-12-37(33)44(41)25-23-43(3,4)24-26-44)21-22-46(50-42,29-13-17-31(47-5)18-14-29)30-15-19-32(48-6)20-16-30/h9-22,27-28H,7-8,23-26H2,1-6H3. The zero-order valence-electron chi connectivity index (χ0n) is 30.5. The van der Waals surface area contributed by atoms with E-state index in [4.69, 9.17) is 18.9 Å². The SMILES string of the molecule is CCC1(CC)Oc2cc3c4c(c5c(c3cc2S1)OC(c1ccc(OC)cc1)(c1ccc(OC)cc1)C=C5)C1(CCC(C)(C)CC1)c1ccccc1-4. The van der Waals surface area contributed by atoms with Crippen LogP contribution in [0.5, 0.6) is 23.0 Å². The predicted octanol–water partition coefficient (Wildman–Crippen LogP) is 12.1. The Morgan fingerprint density at radius 3 is 1.96 bits per heavy atom. The van der Waals surface area contributed by atoms with Crippen molar-refractivity contribution >= 4 is 28.6 Å². The van der Waals surface area contributed by atoms with E-state index >= 15 is 0 Å². The van der Waals surface area contributed by atoms with Crippen LogP contribution in [0.3, 0.4) is 0 Å². The van der Waals surface area contributed by atoms with Crippen LogP contribution in [0.25, 0.3) is 28.0 Å². The van der Waals surface area contributed by atoms with Gasteiger partial charge in [-0.2, -0.15) is 0 Å². The molecule has 0 atom stereocenters. The molecular formula is C46H46O4S. The molecule has 0 bridgehead atoms. The third-order valence-corrected chi connectivity index (χ3v) is 14.0. The lowest BCUT2D eigenvalue weighted by Crippen LogP contribution is -2.37. The summed E-state index contributed by atoms with van der Waals surface area (Å²) in [6.45, 7) is 9.34. The van der Waals surface area contributed by atoms with Crippen LogP contribution in [0.2, 0.25) is 0 Å². The molecule has 0 amide bonds. The lowest BCUT2D eigenvalue weighted by atomic mass is 9.60. The van der Waals surface area contributed by atoms with Crippen molar-refractivity contribution in [1.29, 1.82) is 0 Å². The fourth-order valence-electron chi connectivity index (χ4n) is 9.32. The summed E-state index contributed by atoms with van der Waals surface area (Å²) in [7, 11) is 3.42. The Morgan fingerprint density at radius 1 is 0.725 bits per heavy atom. The van der Waals surface area contributed by atoms with Gasteiger partial charge in [0, 0.05) is 27.5 Å². The second kappa shape index (κ2) is 11.6. The molecule has 2 aliphatic heterocycles. The van der Waals surface area contributed by atoms with E-state index in [0.29, 0.717) is 5.41 Å². The second-order valence-corrected chi connectivity index (χ2v) is 17.0. The molecule has 2 aliphatic carbocycles. The Hall–Kier alpha value is -4.35. The Labute approximate surface area is 306 Å². The van der Waals surface area contributed by atoms with Crippen molar-refractivity contribution in [3.63, 3.8) is 0 Å². The van der Waals surface area contributed by atoms with Gasteiger partial charge in [-0.25, -0.2) is 0 Å². The molecule has 260 valence electrons. The first-order valence-corrected chi connectivity index (χ1v) is 19.3. The zero-order chi connectivity index (χ0) is 35.2. The number of methoxy groups -OCH3 is 2. The number of fused-ring (bicyclic) bond motifs is 11. The molecule has 51 heavy (non-hydrogen) atoms. The van der Waals surface area contributed by atoms with Gasteiger partial charge in [0.1, 0.15) is 23.0 Å². The average Bonchev–Trinajstić information content (AvgIpc) is 3.69. The largest absolute Gasteiger partial charge is 0.497 e. The Balaban J connectivity index is 1.35. The number of hydrogen-bond acceptors (Lipinski definition) is 5. The molecule has 0 unspecified atom stereocenters. The van der Waals surface area contributed by atoms with Crippen LogP contribution >= 0.6 is 11.8 Å². The van der Waals surface area contributed by atoms with Crippen LogP contribution in [0.4, 0.5) is 0 Å². The number of ether oxygens (including phenoxy) is 4. The van der Waals surface area contributed by atoms with E-state index in [1.54, 1.807) is 14.2 Å². The molecule has 5 aromatic rings. The van der Waals surface area contributed by atoms with Crippen molar-refractivity contribution in [2.24, 2.45) is 5.41 Å². The highest BCUT2D eigenvalue weighted by Crippen LogP contribution is 2.65. The molecule has 4 aliphatic rings. The molecular weight excluding hydrogens is 649 g/mol. The second-order valence-electron chi connectivity index (χ2n) is 15.6. The smallest absolute Gasteiger partial charge is 0.178 e. The Morgan fingerprint density at radius 2 is 1.35 bits per heavy atom. The lowest BCUT2D eigenvalue weighted by molar-refractivity contribution is 0.161. The third-order valence-electron chi connectivity index (χ3n) is 12.5. The number of rotatable bonds is 6. The van der Waals surface area contributed by atoms with Crippen LogP contribution in [0.1, 0.15) is 94.0 Å². The van der Waals surface area contributed by atoms with E-state index < -0.39 is 5.60 Å². The summed E-state index contributed by atoms with van der Waals surface area (Å²) in [5.41, 5.74) is 8.26. The maximum Gasteiger partial charge on any atom is 0.178 e. The maximum absolute atomic E-state index is 7.70. The summed E-state index contributed by atoms with van der Waals surface area (Å²) in [4.78, 5) is 0.930. The molecule has 0 saturated heterocycles. The van der Waals surface area contributed by atoms with Gasteiger partial charge in [0.15, 0.2) is 10.5 Å². The Kier molecular flexibility index (Phi) is 7.39. The lowest BCUT2D eigenvalue weighted by Gasteiger charge is -2.44. The summed E-state index contributed by atoms with van der Waals surface area (Å²) in [6.07, 6.45) is 11.1. The van der Waals surface area contributed by atoms with Gasteiger partial charge in [0.25, 0.3) is 0 Å². The van der Waals surface area contributed by atoms with E-state index in [9.17, 15) is 0 Å². The van der Waals surface area contributed by atoms with Gasteiger partial charge in [-0.15, -0.1) is 0 Å². The zero-order valence-corrected chi connectivity index (χ0v) is 31.3. The first-order chi connectivity index (χ1) is 24.7. The highest BCUT2D eigenvalue weighted by molar-refractivity contribution is 8.00. The summed E-state index contributed by atoms with van der Waals surface area (Å²) < 4.78 is 25.7. The summed E-state index contributed by atoms with van der Waals surface area (Å²) in [5, 5.41) is 2.36. The summed E-state index contributed by atoms with van der Waals surface area (Å²) >= 11 is 1.87. The van der Waals surface area contributed by atoms with Gasteiger partial charge in [0.2, 0.25) is 0 Å². The first-order valence-electron chi connectivity index (χ1n) is 18.5. The quantitative estimate of drug-likeness (QED) is 0.177. The molecule has 1 spiro atoms. The van der Waals surface area contributed by atoms with E-state index in [-0.39, 0.29) is 10.3 Å². The fourth-order valence-corrected chi connectivity index (χ4v) is 10.5. The molecule has 0 N–H and O–H groups in total. The first kappa shape index (κ1) is 32.6. The highest BCUT2D eigenvalue weighted by Gasteiger charge is 2.51. The third kappa shape index (κ3) is 4.73. The molecule has 1 fully saturated rings. The fraction of sp³-hybridized carbons (Fsp3) is 0.348. The van der Waals surface area contributed by atoms with Crippen LogP contribution in [0, 0.1) is 5.41 Å². The predicted molar refractivity (Wildman–Crippen MR) is 209 cm³/mol. The normalized spacial score (nSPS) is 19.4.